The predicted molar refractivity (Wildman–Crippen MR) is 90.1 cm³/mol. The van der Waals surface area contributed by atoms with Crippen molar-refractivity contribution in [1.29, 1.82) is 0 Å². The van der Waals surface area contributed by atoms with E-state index in [0.29, 0.717) is 18.9 Å². The number of hydrogen-bond acceptors (Lipinski definition) is 3. The molecule has 1 heterocycles. The van der Waals surface area contributed by atoms with Crippen LogP contribution in [0.25, 0.3) is 0 Å². The molecule has 2 fully saturated rings. The van der Waals surface area contributed by atoms with Crippen LogP contribution in [0.5, 0.6) is 0 Å². The Morgan fingerprint density at radius 2 is 2.04 bits per heavy atom. The first-order valence-corrected chi connectivity index (χ1v) is 8.41. The third kappa shape index (κ3) is 4.42. The first-order chi connectivity index (χ1) is 11.2. The molecule has 1 saturated carbocycles. The summed E-state index contributed by atoms with van der Waals surface area (Å²) in [6.45, 7) is 2.92. The SMILES string of the molecule is N[C@H]1CCCC[C@@H]1N=C(Nc1cccc(F)c1)N1CCOCC1. The van der Waals surface area contributed by atoms with Crippen LogP contribution in [-0.4, -0.2) is 49.2 Å². The number of rotatable bonds is 2. The van der Waals surface area contributed by atoms with E-state index in [4.69, 9.17) is 15.5 Å². The lowest BCUT2D eigenvalue weighted by Crippen LogP contribution is -2.46. The third-order valence-electron chi connectivity index (χ3n) is 4.46. The molecule has 23 heavy (non-hydrogen) atoms. The summed E-state index contributed by atoms with van der Waals surface area (Å²) in [5.41, 5.74) is 6.94. The molecular weight excluding hydrogens is 295 g/mol. The summed E-state index contributed by atoms with van der Waals surface area (Å²) in [6.07, 6.45) is 4.37. The van der Waals surface area contributed by atoms with E-state index in [9.17, 15) is 4.39 Å². The number of morpholine rings is 1. The van der Waals surface area contributed by atoms with Gasteiger partial charge in [-0.15, -0.1) is 0 Å². The fourth-order valence-electron chi connectivity index (χ4n) is 3.12. The maximum Gasteiger partial charge on any atom is 0.198 e. The Bertz CT molecular complexity index is 545. The van der Waals surface area contributed by atoms with Crippen LogP contribution in [0.3, 0.4) is 0 Å². The molecule has 0 bridgehead atoms. The van der Waals surface area contributed by atoms with Crippen LogP contribution in [0, 0.1) is 5.82 Å². The van der Waals surface area contributed by atoms with E-state index in [0.717, 1.165) is 38.3 Å². The highest BCUT2D eigenvalue weighted by atomic mass is 19.1. The van der Waals surface area contributed by atoms with Gasteiger partial charge in [0.15, 0.2) is 5.96 Å². The molecule has 6 heteroatoms. The van der Waals surface area contributed by atoms with Gasteiger partial charge in [-0.3, -0.25) is 0 Å². The largest absolute Gasteiger partial charge is 0.378 e. The molecule has 0 unspecified atom stereocenters. The number of nitrogens with one attached hydrogen (secondary N) is 1. The number of nitrogens with zero attached hydrogens (tertiary/aromatic N) is 2. The molecule has 0 aromatic heterocycles. The summed E-state index contributed by atoms with van der Waals surface area (Å²) >= 11 is 0. The lowest BCUT2D eigenvalue weighted by molar-refractivity contribution is 0.0677. The fraction of sp³-hybridized carbons (Fsp3) is 0.588. The van der Waals surface area contributed by atoms with Crippen LogP contribution in [0.15, 0.2) is 29.3 Å². The Hall–Kier alpha value is -1.66. The number of ether oxygens (including phenoxy) is 1. The Kier molecular flexibility index (Phi) is 5.46. The first kappa shape index (κ1) is 16.2. The maximum atomic E-state index is 13.4. The van der Waals surface area contributed by atoms with Gasteiger partial charge < -0.3 is 20.7 Å². The quantitative estimate of drug-likeness (QED) is 0.648. The van der Waals surface area contributed by atoms with Crippen molar-refractivity contribution in [1.82, 2.24) is 4.90 Å². The minimum absolute atomic E-state index is 0.106. The van der Waals surface area contributed by atoms with E-state index in [1.165, 1.54) is 18.6 Å². The van der Waals surface area contributed by atoms with Crippen LogP contribution in [0.1, 0.15) is 25.7 Å². The number of hydrogen-bond donors (Lipinski definition) is 2. The number of guanidine groups is 1. The van der Waals surface area contributed by atoms with Crippen molar-refractivity contribution in [2.45, 2.75) is 37.8 Å². The first-order valence-electron chi connectivity index (χ1n) is 8.41. The average molecular weight is 320 g/mol. The molecule has 1 aromatic carbocycles. The molecule has 2 aliphatic rings. The van der Waals surface area contributed by atoms with E-state index >= 15 is 0 Å². The van der Waals surface area contributed by atoms with Crippen LogP contribution in [0.4, 0.5) is 10.1 Å². The molecule has 5 nitrogen and oxygen atoms in total. The van der Waals surface area contributed by atoms with Gasteiger partial charge in [0.1, 0.15) is 5.82 Å². The summed E-state index contributed by atoms with van der Waals surface area (Å²) in [6, 6.07) is 6.70. The van der Waals surface area contributed by atoms with Gasteiger partial charge >= 0.3 is 0 Å². The highest BCUT2D eigenvalue weighted by Crippen LogP contribution is 2.21. The molecule has 0 amide bonds. The van der Waals surface area contributed by atoms with Gasteiger partial charge in [-0.1, -0.05) is 18.9 Å². The van der Waals surface area contributed by atoms with Crippen molar-refractivity contribution in [3.05, 3.63) is 30.1 Å². The molecule has 0 spiro atoms. The second-order valence-corrected chi connectivity index (χ2v) is 6.20. The Balaban J connectivity index is 1.80. The van der Waals surface area contributed by atoms with E-state index in [2.05, 4.69) is 10.2 Å². The molecule has 1 aliphatic heterocycles. The molecule has 1 saturated heterocycles. The van der Waals surface area contributed by atoms with Crippen LogP contribution in [0.2, 0.25) is 0 Å². The third-order valence-corrected chi connectivity index (χ3v) is 4.46. The van der Waals surface area contributed by atoms with Crippen molar-refractivity contribution in [2.24, 2.45) is 10.7 Å². The van der Waals surface area contributed by atoms with Crippen LogP contribution >= 0.6 is 0 Å². The minimum atomic E-state index is -0.259. The van der Waals surface area contributed by atoms with Crippen LogP contribution < -0.4 is 11.1 Å². The van der Waals surface area contributed by atoms with E-state index < -0.39 is 0 Å². The molecule has 126 valence electrons. The Morgan fingerprint density at radius 1 is 1.26 bits per heavy atom. The van der Waals surface area contributed by atoms with Crippen molar-refractivity contribution < 1.29 is 9.13 Å². The average Bonchev–Trinajstić information content (AvgIpc) is 2.57. The molecule has 0 radical (unpaired) electrons. The molecule has 3 N–H and O–H groups in total. The minimum Gasteiger partial charge on any atom is -0.378 e. The molecular formula is C17H25FN4O. The lowest BCUT2D eigenvalue weighted by atomic mass is 9.91. The zero-order valence-corrected chi connectivity index (χ0v) is 13.4. The van der Waals surface area contributed by atoms with Gasteiger partial charge in [-0.25, -0.2) is 9.38 Å². The number of nitrogens with two attached hydrogens (primary N) is 1. The maximum absolute atomic E-state index is 13.4. The van der Waals surface area contributed by atoms with Gasteiger partial charge in [0, 0.05) is 24.8 Å². The second kappa shape index (κ2) is 7.75. The van der Waals surface area contributed by atoms with E-state index in [1.54, 1.807) is 6.07 Å². The topological polar surface area (TPSA) is 62.9 Å². The summed E-state index contributed by atoms with van der Waals surface area (Å²) in [7, 11) is 0. The second-order valence-electron chi connectivity index (χ2n) is 6.20. The van der Waals surface area contributed by atoms with Crippen LogP contribution in [-0.2, 0) is 4.74 Å². The van der Waals surface area contributed by atoms with Gasteiger partial charge in [-0.05, 0) is 31.0 Å². The summed E-state index contributed by atoms with van der Waals surface area (Å²) in [4.78, 5) is 7.06. The van der Waals surface area contributed by atoms with Crippen molar-refractivity contribution in [2.75, 3.05) is 31.6 Å². The molecule has 1 aromatic rings. The molecule has 2 atom stereocenters. The van der Waals surface area contributed by atoms with Crippen molar-refractivity contribution in [3.63, 3.8) is 0 Å². The van der Waals surface area contributed by atoms with Gasteiger partial charge in [0.2, 0.25) is 0 Å². The Labute approximate surface area is 136 Å². The fourth-order valence-corrected chi connectivity index (χ4v) is 3.12. The van der Waals surface area contributed by atoms with E-state index in [-0.39, 0.29) is 17.9 Å². The summed E-state index contributed by atoms with van der Waals surface area (Å²) in [5, 5.41) is 3.28. The lowest BCUT2D eigenvalue weighted by Gasteiger charge is -2.33. The standard InChI is InChI=1S/C17H25FN4O/c18-13-4-3-5-14(12-13)20-17(22-8-10-23-11-9-22)21-16-7-2-1-6-15(16)19/h3-5,12,15-16H,1-2,6-11,19H2,(H,20,21)/t15-,16-/m0/s1. The van der Waals surface area contributed by atoms with Gasteiger partial charge in [-0.2, -0.15) is 0 Å². The monoisotopic (exact) mass is 320 g/mol. The van der Waals surface area contributed by atoms with Crippen molar-refractivity contribution >= 4 is 11.6 Å². The highest BCUT2D eigenvalue weighted by Gasteiger charge is 2.24. The predicted octanol–water partition coefficient (Wildman–Crippen LogP) is 2.20. The van der Waals surface area contributed by atoms with Gasteiger partial charge in [0.25, 0.3) is 0 Å². The highest BCUT2D eigenvalue weighted by molar-refractivity contribution is 5.93. The number of aliphatic imine (C=N–C) groups is 1. The number of halogens is 1. The zero-order valence-electron chi connectivity index (χ0n) is 13.4. The number of benzene rings is 1. The normalized spacial score (nSPS) is 26.2. The van der Waals surface area contributed by atoms with E-state index in [1.807, 2.05) is 6.07 Å². The Morgan fingerprint density at radius 3 is 2.78 bits per heavy atom. The molecule has 3 rings (SSSR count). The summed E-state index contributed by atoms with van der Waals surface area (Å²) < 4.78 is 18.9. The van der Waals surface area contributed by atoms with Crippen molar-refractivity contribution in [3.8, 4) is 0 Å². The summed E-state index contributed by atoms with van der Waals surface area (Å²) in [5.74, 6) is 0.520. The van der Waals surface area contributed by atoms with Gasteiger partial charge in [0.05, 0.1) is 19.3 Å². The number of anilines is 1. The zero-order chi connectivity index (χ0) is 16.1. The smallest absolute Gasteiger partial charge is 0.198 e. The molecule has 1 aliphatic carbocycles.